The number of hydrogen-bond acceptors (Lipinski definition) is 6. The van der Waals surface area contributed by atoms with E-state index in [4.69, 9.17) is 10.5 Å². The highest BCUT2D eigenvalue weighted by molar-refractivity contribution is 7.09. The van der Waals surface area contributed by atoms with Crippen LogP contribution in [0.4, 0.5) is 10.1 Å². The maximum absolute atomic E-state index is 14.3. The van der Waals surface area contributed by atoms with Crippen LogP contribution in [0.15, 0.2) is 28.6 Å². The molecule has 0 saturated carbocycles. The number of ether oxygens (including phenoxy) is 1. The molecule has 1 amide bonds. The smallest absolute Gasteiger partial charge is 0.282 e. The van der Waals surface area contributed by atoms with Gasteiger partial charge in [0.1, 0.15) is 11.5 Å². The normalized spacial score (nSPS) is 20.2. The largest absolute Gasteiger partial charge is 0.465 e. The summed E-state index contributed by atoms with van der Waals surface area (Å²) < 4.78 is 19.4. The highest BCUT2D eigenvalue weighted by Crippen LogP contribution is 2.35. The van der Waals surface area contributed by atoms with Crippen molar-refractivity contribution in [3.63, 3.8) is 0 Å². The number of nitrogens with zero attached hydrogens (tertiary/aromatic N) is 2. The van der Waals surface area contributed by atoms with E-state index in [1.54, 1.807) is 18.4 Å². The SMILES string of the molecule is Cc1nc(C(=O)Nc2ccc(F)c([C@]3(C)CCOC(N)=N3)c2)cs1. The molecule has 0 aliphatic carbocycles. The number of hydrogen-bond donors (Lipinski definition) is 2. The fraction of sp³-hybridized carbons (Fsp3) is 0.312. The van der Waals surface area contributed by atoms with E-state index >= 15 is 0 Å². The third kappa shape index (κ3) is 3.23. The van der Waals surface area contributed by atoms with Gasteiger partial charge < -0.3 is 15.8 Å². The Balaban J connectivity index is 1.89. The monoisotopic (exact) mass is 348 g/mol. The standard InChI is InChI=1S/C16H17FN4O2S/c1-9-19-13(8-24-9)14(22)20-10-3-4-12(17)11(7-10)16(2)5-6-23-15(18)21-16/h3-4,7-8H,5-6H2,1-2H3,(H2,18,21)(H,20,22)/t16-/m0/s1. The number of thiazole rings is 1. The summed E-state index contributed by atoms with van der Waals surface area (Å²) in [5.74, 6) is -0.740. The van der Waals surface area contributed by atoms with Crippen molar-refractivity contribution in [1.29, 1.82) is 0 Å². The molecule has 8 heteroatoms. The first-order valence-corrected chi connectivity index (χ1v) is 8.27. The Morgan fingerprint density at radius 3 is 2.96 bits per heavy atom. The number of nitrogens with one attached hydrogen (secondary N) is 1. The first-order valence-electron chi connectivity index (χ1n) is 7.39. The number of amidine groups is 1. The van der Waals surface area contributed by atoms with Crippen molar-refractivity contribution in [3.05, 3.63) is 45.7 Å². The molecule has 6 nitrogen and oxygen atoms in total. The molecular weight excluding hydrogens is 331 g/mol. The molecular formula is C16H17FN4O2S. The first-order chi connectivity index (χ1) is 11.4. The zero-order valence-corrected chi connectivity index (χ0v) is 14.1. The first kappa shape index (κ1) is 16.4. The van der Waals surface area contributed by atoms with E-state index in [2.05, 4.69) is 15.3 Å². The van der Waals surface area contributed by atoms with Crippen LogP contribution in [0.3, 0.4) is 0 Å². The van der Waals surface area contributed by atoms with Gasteiger partial charge in [-0.2, -0.15) is 0 Å². The molecule has 2 heterocycles. The lowest BCUT2D eigenvalue weighted by molar-refractivity contribution is 0.102. The number of halogens is 1. The van der Waals surface area contributed by atoms with Crippen LogP contribution in [0.25, 0.3) is 0 Å². The molecule has 0 bridgehead atoms. The lowest BCUT2D eigenvalue weighted by Crippen LogP contribution is -2.34. The second kappa shape index (κ2) is 6.20. The Hall–Kier alpha value is -2.48. The highest BCUT2D eigenvalue weighted by Gasteiger charge is 2.33. The molecule has 0 radical (unpaired) electrons. The highest BCUT2D eigenvalue weighted by atomic mass is 32.1. The summed E-state index contributed by atoms with van der Waals surface area (Å²) in [7, 11) is 0. The van der Waals surface area contributed by atoms with Gasteiger partial charge in [0.15, 0.2) is 0 Å². The van der Waals surface area contributed by atoms with Crippen LogP contribution >= 0.6 is 11.3 Å². The molecule has 1 aromatic carbocycles. The molecule has 1 aromatic heterocycles. The van der Waals surface area contributed by atoms with Crippen molar-refractivity contribution >= 4 is 29.0 Å². The Labute approximate surface area is 142 Å². The number of carbonyl (C=O) groups excluding carboxylic acids is 1. The zero-order valence-electron chi connectivity index (χ0n) is 13.3. The van der Waals surface area contributed by atoms with Gasteiger partial charge in [-0.15, -0.1) is 11.3 Å². The molecule has 1 aliphatic heterocycles. The molecule has 1 atom stereocenters. The molecule has 0 saturated heterocycles. The molecule has 24 heavy (non-hydrogen) atoms. The lowest BCUT2D eigenvalue weighted by Gasteiger charge is -2.30. The fourth-order valence-electron chi connectivity index (χ4n) is 2.56. The van der Waals surface area contributed by atoms with Crippen LogP contribution in [0.1, 0.15) is 34.4 Å². The minimum Gasteiger partial charge on any atom is -0.465 e. The Kier molecular flexibility index (Phi) is 4.23. The van der Waals surface area contributed by atoms with Crippen LogP contribution in [0, 0.1) is 12.7 Å². The third-order valence-electron chi connectivity index (χ3n) is 3.85. The van der Waals surface area contributed by atoms with E-state index in [-0.39, 0.29) is 11.9 Å². The topological polar surface area (TPSA) is 89.6 Å². The van der Waals surface area contributed by atoms with Crippen molar-refractivity contribution in [1.82, 2.24) is 4.98 Å². The van der Waals surface area contributed by atoms with E-state index in [0.29, 0.717) is 30.0 Å². The van der Waals surface area contributed by atoms with Crippen molar-refractivity contribution in [2.45, 2.75) is 25.8 Å². The fourth-order valence-corrected chi connectivity index (χ4v) is 3.15. The van der Waals surface area contributed by atoms with E-state index in [1.165, 1.54) is 23.5 Å². The zero-order chi connectivity index (χ0) is 17.3. The maximum atomic E-state index is 14.3. The molecule has 1 aliphatic rings. The van der Waals surface area contributed by atoms with Gasteiger partial charge in [0, 0.05) is 23.1 Å². The molecule has 126 valence electrons. The average molecular weight is 348 g/mol. The summed E-state index contributed by atoms with van der Waals surface area (Å²) in [6.07, 6.45) is 0.493. The summed E-state index contributed by atoms with van der Waals surface area (Å²) in [6.45, 7) is 3.97. The van der Waals surface area contributed by atoms with Gasteiger partial charge in [0.25, 0.3) is 11.9 Å². The van der Waals surface area contributed by atoms with E-state index in [1.807, 2.05) is 6.92 Å². The van der Waals surface area contributed by atoms with Gasteiger partial charge in [0.2, 0.25) is 0 Å². The second-order valence-corrected chi connectivity index (χ2v) is 6.79. The summed E-state index contributed by atoms with van der Waals surface area (Å²) in [6, 6.07) is 4.43. The number of anilines is 1. The quantitative estimate of drug-likeness (QED) is 0.892. The number of aromatic nitrogens is 1. The Bertz CT molecular complexity index is 820. The van der Waals surface area contributed by atoms with Crippen LogP contribution in [0.2, 0.25) is 0 Å². The number of nitrogens with two attached hydrogens (primary N) is 1. The summed E-state index contributed by atoms with van der Waals surface area (Å²) in [5.41, 5.74) is 5.97. The molecule has 0 unspecified atom stereocenters. The van der Waals surface area contributed by atoms with Crippen molar-refractivity contribution in [2.24, 2.45) is 10.7 Å². The predicted octanol–water partition coefficient (Wildman–Crippen LogP) is 2.79. The average Bonchev–Trinajstić information content (AvgIpc) is 2.95. The number of carbonyl (C=O) groups is 1. The molecule has 0 fully saturated rings. The number of benzene rings is 1. The van der Waals surface area contributed by atoms with Crippen LogP contribution < -0.4 is 11.1 Å². The van der Waals surface area contributed by atoms with Crippen LogP contribution in [-0.4, -0.2) is 23.5 Å². The number of rotatable bonds is 3. The molecule has 3 rings (SSSR count). The summed E-state index contributed by atoms with van der Waals surface area (Å²) >= 11 is 1.39. The second-order valence-electron chi connectivity index (χ2n) is 5.72. The van der Waals surface area contributed by atoms with Crippen molar-refractivity contribution < 1.29 is 13.9 Å². The lowest BCUT2D eigenvalue weighted by atomic mass is 9.88. The van der Waals surface area contributed by atoms with Gasteiger partial charge in [0.05, 0.1) is 17.2 Å². The minimum absolute atomic E-state index is 0.0375. The molecule has 3 N–H and O–H groups in total. The van der Waals surface area contributed by atoms with Gasteiger partial charge in [-0.25, -0.2) is 14.4 Å². The van der Waals surface area contributed by atoms with Gasteiger partial charge >= 0.3 is 0 Å². The van der Waals surface area contributed by atoms with E-state index in [0.717, 1.165) is 5.01 Å². The van der Waals surface area contributed by atoms with E-state index in [9.17, 15) is 9.18 Å². The minimum atomic E-state index is -0.829. The number of aryl methyl sites for hydroxylation is 1. The summed E-state index contributed by atoms with van der Waals surface area (Å²) in [5, 5.41) is 5.22. The summed E-state index contributed by atoms with van der Waals surface area (Å²) in [4.78, 5) is 20.6. The third-order valence-corrected chi connectivity index (χ3v) is 4.63. The predicted molar refractivity (Wildman–Crippen MR) is 90.7 cm³/mol. The van der Waals surface area contributed by atoms with Crippen molar-refractivity contribution in [3.8, 4) is 0 Å². The van der Waals surface area contributed by atoms with Crippen LogP contribution in [0.5, 0.6) is 0 Å². The van der Waals surface area contributed by atoms with Crippen molar-refractivity contribution in [2.75, 3.05) is 11.9 Å². The number of aliphatic imine (C=N–C) groups is 1. The maximum Gasteiger partial charge on any atom is 0.282 e. The van der Waals surface area contributed by atoms with Gasteiger partial charge in [-0.3, -0.25) is 4.79 Å². The number of amides is 1. The molecule has 0 spiro atoms. The van der Waals surface area contributed by atoms with E-state index < -0.39 is 11.4 Å². The Morgan fingerprint density at radius 1 is 1.50 bits per heavy atom. The Morgan fingerprint density at radius 2 is 2.29 bits per heavy atom. The van der Waals surface area contributed by atoms with Gasteiger partial charge in [-0.1, -0.05) is 0 Å². The van der Waals surface area contributed by atoms with Crippen LogP contribution in [-0.2, 0) is 10.3 Å². The van der Waals surface area contributed by atoms with Gasteiger partial charge in [-0.05, 0) is 32.0 Å². The molecule has 2 aromatic rings.